The highest BCUT2D eigenvalue weighted by atomic mass is 16.6. The quantitative estimate of drug-likeness (QED) is 0.721. The summed E-state index contributed by atoms with van der Waals surface area (Å²) in [6, 6.07) is 5.74. The highest BCUT2D eigenvalue weighted by Gasteiger charge is 2.08. The fourth-order valence-corrected chi connectivity index (χ4v) is 1.34. The number of benzene rings is 1. The predicted octanol–water partition coefficient (Wildman–Crippen LogP) is 1.23. The van der Waals surface area contributed by atoms with Gasteiger partial charge in [-0.25, -0.2) is 5.90 Å². The summed E-state index contributed by atoms with van der Waals surface area (Å²) in [5.41, 5.74) is 1.96. The molecule has 1 rings (SSSR count). The molecule has 0 radical (unpaired) electrons. The van der Waals surface area contributed by atoms with Crippen LogP contribution in [0.2, 0.25) is 0 Å². The third-order valence-electron chi connectivity index (χ3n) is 1.98. The summed E-state index contributed by atoms with van der Waals surface area (Å²) in [6.07, 6.45) is 0. The first-order valence-electron chi connectivity index (χ1n) is 4.28. The number of hydrogen-bond acceptors (Lipinski definition) is 4. The Kier molecular flexibility index (Phi) is 4.39. The normalized spacial score (nSPS) is 10.2. The van der Waals surface area contributed by atoms with Crippen LogP contribution in [0.1, 0.15) is 11.1 Å². The molecule has 0 amide bonds. The van der Waals surface area contributed by atoms with E-state index in [1.807, 2.05) is 18.2 Å². The summed E-state index contributed by atoms with van der Waals surface area (Å²) in [6.45, 7) is 0.846. The van der Waals surface area contributed by atoms with Gasteiger partial charge < -0.3 is 9.47 Å². The van der Waals surface area contributed by atoms with Gasteiger partial charge in [0.1, 0.15) is 5.75 Å². The van der Waals surface area contributed by atoms with Gasteiger partial charge in [-0.05, 0) is 11.6 Å². The molecular formula is C10H15NO3. The Hall–Kier alpha value is -1.10. The van der Waals surface area contributed by atoms with E-state index in [9.17, 15) is 0 Å². The third kappa shape index (κ3) is 2.45. The molecule has 0 heterocycles. The fraction of sp³-hybridized carbons (Fsp3) is 0.400. The molecule has 0 spiro atoms. The molecule has 1 aromatic carbocycles. The van der Waals surface area contributed by atoms with Crippen LogP contribution in [0.25, 0.3) is 0 Å². The van der Waals surface area contributed by atoms with Crippen molar-refractivity contribution in [1.82, 2.24) is 0 Å². The summed E-state index contributed by atoms with van der Waals surface area (Å²) >= 11 is 0. The van der Waals surface area contributed by atoms with Gasteiger partial charge >= 0.3 is 0 Å². The maximum absolute atomic E-state index is 5.19. The van der Waals surface area contributed by atoms with Gasteiger partial charge in [-0.3, -0.25) is 4.84 Å². The van der Waals surface area contributed by atoms with Gasteiger partial charge in [0.15, 0.2) is 0 Å². The van der Waals surface area contributed by atoms with Gasteiger partial charge in [-0.2, -0.15) is 0 Å². The molecule has 0 saturated heterocycles. The summed E-state index contributed by atoms with van der Waals surface area (Å²) in [7, 11) is 3.26. The first kappa shape index (κ1) is 11.0. The van der Waals surface area contributed by atoms with Crippen LogP contribution in [-0.2, 0) is 22.8 Å². The van der Waals surface area contributed by atoms with Gasteiger partial charge in [-0.15, -0.1) is 0 Å². The molecule has 2 N–H and O–H groups in total. The first-order chi connectivity index (χ1) is 6.83. The lowest BCUT2D eigenvalue weighted by Crippen LogP contribution is -2.05. The van der Waals surface area contributed by atoms with E-state index in [1.165, 1.54) is 0 Å². The van der Waals surface area contributed by atoms with Crippen molar-refractivity contribution in [3.05, 3.63) is 29.3 Å². The molecule has 78 valence electrons. The zero-order valence-corrected chi connectivity index (χ0v) is 8.45. The van der Waals surface area contributed by atoms with Crippen molar-refractivity contribution >= 4 is 0 Å². The Morgan fingerprint density at radius 1 is 1.21 bits per heavy atom. The molecule has 0 fully saturated rings. The van der Waals surface area contributed by atoms with Crippen LogP contribution in [0, 0.1) is 0 Å². The Morgan fingerprint density at radius 2 is 2.00 bits per heavy atom. The van der Waals surface area contributed by atoms with E-state index >= 15 is 0 Å². The van der Waals surface area contributed by atoms with Gasteiger partial charge in [0.05, 0.1) is 20.3 Å². The van der Waals surface area contributed by atoms with Crippen LogP contribution in [0.15, 0.2) is 18.2 Å². The molecule has 14 heavy (non-hydrogen) atoms. The van der Waals surface area contributed by atoms with E-state index < -0.39 is 0 Å². The Bertz CT molecular complexity index is 289. The molecule has 0 unspecified atom stereocenters. The zero-order valence-electron chi connectivity index (χ0n) is 8.45. The summed E-state index contributed by atoms with van der Waals surface area (Å²) in [4.78, 5) is 4.62. The molecule has 0 aliphatic heterocycles. The fourth-order valence-electron chi connectivity index (χ4n) is 1.34. The van der Waals surface area contributed by atoms with Crippen LogP contribution in [0.4, 0.5) is 0 Å². The lowest BCUT2D eigenvalue weighted by atomic mass is 10.1. The number of rotatable bonds is 5. The highest BCUT2D eigenvalue weighted by Crippen LogP contribution is 2.23. The number of methoxy groups -OCH3 is 2. The monoisotopic (exact) mass is 197 g/mol. The maximum Gasteiger partial charge on any atom is 0.124 e. The van der Waals surface area contributed by atoms with E-state index in [2.05, 4.69) is 4.84 Å². The van der Waals surface area contributed by atoms with Crippen molar-refractivity contribution in [3.63, 3.8) is 0 Å². The van der Waals surface area contributed by atoms with Crippen molar-refractivity contribution in [2.45, 2.75) is 13.2 Å². The molecule has 0 saturated carbocycles. The average Bonchev–Trinajstić information content (AvgIpc) is 2.21. The molecule has 0 bridgehead atoms. The highest BCUT2D eigenvalue weighted by molar-refractivity contribution is 5.39. The second kappa shape index (κ2) is 5.59. The van der Waals surface area contributed by atoms with Crippen molar-refractivity contribution in [2.24, 2.45) is 5.90 Å². The van der Waals surface area contributed by atoms with E-state index in [4.69, 9.17) is 15.4 Å². The number of nitrogens with two attached hydrogens (primary N) is 1. The summed E-state index contributed by atoms with van der Waals surface area (Å²) in [5, 5.41) is 0. The van der Waals surface area contributed by atoms with Gasteiger partial charge in [0.25, 0.3) is 0 Å². The number of ether oxygens (including phenoxy) is 2. The molecule has 0 aliphatic carbocycles. The Balaban J connectivity index is 3.00. The topological polar surface area (TPSA) is 53.7 Å². The lowest BCUT2D eigenvalue weighted by molar-refractivity contribution is 0.118. The lowest BCUT2D eigenvalue weighted by Gasteiger charge is -2.12. The smallest absolute Gasteiger partial charge is 0.124 e. The molecule has 4 nitrogen and oxygen atoms in total. The van der Waals surface area contributed by atoms with Crippen molar-refractivity contribution in [2.75, 3.05) is 14.2 Å². The zero-order chi connectivity index (χ0) is 10.4. The molecule has 0 aliphatic rings. The largest absolute Gasteiger partial charge is 0.496 e. The van der Waals surface area contributed by atoms with E-state index in [0.29, 0.717) is 13.2 Å². The average molecular weight is 197 g/mol. The standard InChI is InChI=1S/C10H15NO3/c1-12-6-8-4-3-5-10(13-2)9(8)7-14-11/h3-5H,6-7,11H2,1-2H3. The van der Waals surface area contributed by atoms with Crippen LogP contribution >= 0.6 is 0 Å². The summed E-state index contributed by atoms with van der Waals surface area (Å²) < 4.78 is 10.3. The van der Waals surface area contributed by atoms with Gasteiger partial charge in [-0.1, -0.05) is 12.1 Å². The van der Waals surface area contributed by atoms with Crippen molar-refractivity contribution < 1.29 is 14.3 Å². The van der Waals surface area contributed by atoms with Crippen molar-refractivity contribution in [1.29, 1.82) is 0 Å². The molecule has 4 heteroatoms. The molecule has 0 aromatic heterocycles. The van der Waals surface area contributed by atoms with Crippen LogP contribution in [0.3, 0.4) is 0 Å². The maximum atomic E-state index is 5.19. The van der Waals surface area contributed by atoms with Crippen molar-refractivity contribution in [3.8, 4) is 5.75 Å². The first-order valence-corrected chi connectivity index (χ1v) is 4.28. The van der Waals surface area contributed by atoms with Crippen LogP contribution in [0.5, 0.6) is 5.75 Å². The van der Waals surface area contributed by atoms with Crippen LogP contribution < -0.4 is 10.6 Å². The third-order valence-corrected chi connectivity index (χ3v) is 1.98. The second-order valence-corrected chi connectivity index (χ2v) is 2.84. The number of hydrogen-bond donors (Lipinski definition) is 1. The minimum atomic E-state index is 0.322. The van der Waals surface area contributed by atoms with E-state index in [1.54, 1.807) is 14.2 Å². The Morgan fingerprint density at radius 3 is 2.57 bits per heavy atom. The van der Waals surface area contributed by atoms with Crippen LogP contribution in [-0.4, -0.2) is 14.2 Å². The van der Waals surface area contributed by atoms with E-state index in [-0.39, 0.29) is 0 Å². The van der Waals surface area contributed by atoms with Gasteiger partial charge in [0, 0.05) is 12.7 Å². The summed E-state index contributed by atoms with van der Waals surface area (Å²) in [5.74, 6) is 5.82. The minimum absolute atomic E-state index is 0.322. The Labute approximate surface area is 83.5 Å². The van der Waals surface area contributed by atoms with E-state index in [0.717, 1.165) is 16.9 Å². The predicted molar refractivity (Wildman–Crippen MR) is 52.7 cm³/mol. The van der Waals surface area contributed by atoms with Gasteiger partial charge in [0.2, 0.25) is 0 Å². The SMILES string of the molecule is COCc1cccc(OC)c1CON. The molecular weight excluding hydrogens is 182 g/mol. The molecule has 0 atom stereocenters. The molecule has 1 aromatic rings. The second-order valence-electron chi connectivity index (χ2n) is 2.84. The minimum Gasteiger partial charge on any atom is -0.496 e.